The van der Waals surface area contributed by atoms with E-state index in [0.717, 1.165) is 32.1 Å². The fraction of sp³-hybridized carbons (Fsp3) is 0.833. The Labute approximate surface area is 103 Å². The molecule has 0 aromatic carbocycles. The van der Waals surface area contributed by atoms with Gasteiger partial charge in [-0.1, -0.05) is 25.4 Å². The highest BCUT2D eigenvalue weighted by Crippen LogP contribution is 2.13. The maximum absolute atomic E-state index is 5.17. The van der Waals surface area contributed by atoms with Crippen molar-refractivity contribution in [3.05, 3.63) is 11.7 Å². The molecule has 0 amide bonds. The molecule has 5 nitrogen and oxygen atoms in total. The van der Waals surface area contributed by atoms with Crippen LogP contribution in [-0.2, 0) is 6.54 Å². The lowest BCUT2D eigenvalue weighted by atomic mass is 9.97. The van der Waals surface area contributed by atoms with Crippen molar-refractivity contribution < 1.29 is 4.52 Å². The van der Waals surface area contributed by atoms with Crippen LogP contribution in [0.4, 0.5) is 0 Å². The molecule has 1 aliphatic rings. The number of nitrogens with one attached hydrogen (secondary N) is 1. The number of piperazine rings is 1. The van der Waals surface area contributed by atoms with Crippen LogP contribution in [0, 0.1) is 12.8 Å². The van der Waals surface area contributed by atoms with Gasteiger partial charge in [0.05, 0.1) is 6.54 Å². The fourth-order valence-corrected chi connectivity index (χ4v) is 2.25. The molecule has 96 valence electrons. The van der Waals surface area contributed by atoms with E-state index < -0.39 is 0 Å². The lowest BCUT2D eigenvalue weighted by Gasteiger charge is -2.35. The number of hydrogen-bond donors (Lipinski definition) is 1. The molecule has 1 aromatic rings. The average molecular weight is 238 g/mol. The molecule has 5 heteroatoms. The molecule has 1 saturated heterocycles. The molecule has 0 saturated carbocycles. The average Bonchev–Trinajstić information content (AvgIpc) is 2.74. The van der Waals surface area contributed by atoms with Gasteiger partial charge in [0.25, 0.3) is 0 Å². The van der Waals surface area contributed by atoms with Crippen molar-refractivity contribution in [3.8, 4) is 0 Å². The minimum absolute atomic E-state index is 0.581. The first-order valence-corrected chi connectivity index (χ1v) is 6.44. The second-order valence-electron chi connectivity index (χ2n) is 4.92. The molecule has 17 heavy (non-hydrogen) atoms. The summed E-state index contributed by atoms with van der Waals surface area (Å²) in [7, 11) is 0. The monoisotopic (exact) mass is 238 g/mol. The molecular weight excluding hydrogens is 216 g/mol. The Bertz CT molecular complexity index is 352. The summed E-state index contributed by atoms with van der Waals surface area (Å²) in [6.07, 6.45) is 1.21. The predicted octanol–water partition coefficient (Wildman–Crippen LogP) is 1.20. The zero-order chi connectivity index (χ0) is 12.3. The summed E-state index contributed by atoms with van der Waals surface area (Å²) in [5, 5.41) is 7.41. The van der Waals surface area contributed by atoms with Gasteiger partial charge in [0.15, 0.2) is 5.82 Å². The van der Waals surface area contributed by atoms with Gasteiger partial charge in [-0.05, 0) is 12.8 Å². The van der Waals surface area contributed by atoms with Gasteiger partial charge in [0, 0.05) is 25.7 Å². The largest absolute Gasteiger partial charge is 0.338 e. The van der Waals surface area contributed by atoms with E-state index in [0.29, 0.717) is 17.8 Å². The van der Waals surface area contributed by atoms with Crippen molar-refractivity contribution in [1.29, 1.82) is 0 Å². The maximum Gasteiger partial charge on any atom is 0.240 e. The maximum atomic E-state index is 5.17. The van der Waals surface area contributed by atoms with Crippen molar-refractivity contribution in [2.75, 3.05) is 19.6 Å². The number of rotatable bonds is 4. The molecule has 2 atom stereocenters. The van der Waals surface area contributed by atoms with Crippen LogP contribution in [-0.4, -0.2) is 40.7 Å². The summed E-state index contributed by atoms with van der Waals surface area (Å²) < 4.78 is 5.17. The molecule has 0 bridgehead atoms. The molecule has 1 aromatic heterocycles. The molecular formula is C12H22N4O. The first-order valence-electron chi connectivity index (χ1n) is 6.44. The highest BCUT2D eigenvalue weighted by molar-refractivity contribution is 4.87. The van der Waals surface area contributed by atoms with Crippen molar-refractivity contribution in [1.82, 2.24) is 20.4 Å². The van der Waals surface area contributed by atoms with Crippen LogP contribution >= 0.6 is 0 Å². The number of hydrogen-bond acceptors (Lipinski definition) is 5. The van der Waals surface area contributed by atoms with E-state index >= 15 is 0 Å². The summed E-state index contributed by atoms with van der Waals surface area (Å²) in [6.45, 7) is 10.3. The van der Waals surface area contributed by atoms with E-state index in [4.69, 9.17) is 4.52 Å². The van der Waals surface area contributed by atoms with Gasteiger partial charge in [0.1, 0.15) is 0 Å². The molecule has 2 rings (SSSR count). The Hall–Kier alpha value is -0.940. The molecule has 2 heterocycles. The van der Waals surface area contributed by atoms with Gasteiger partial charge in [0.2, 0.25) is 5.89 Å². The minimum Gasteiger partial charge on any atom is -0.338 e. The number of aryl methyl sites for hydroxylation is 1. The fourth-order valence-electron chi connectivity index (χ4n) is 2.25. The van der Waals surface area contributed by atoms with Gasteiger partial charge in [-0.3, -0.25) is 4.90 Å². The second-order valence-corrected chi connectivity index (χ2v) is 4.92. The Morgan fingerprint density at radius 1 is 1.59 bits per heavy atom. The summed E-state index contributed by atoms with van der Waals surface area (Å²) >= 11 is 0. The zero-order valence-corrected chi connectivity index (χ0v) is 10.9. The van der Waals surface area contributed by atoms with Crippen LogP contribution in [0.1, 0.15) is 32.0 Å². The Morgan fingerprint density at radius 3 is 3.06 bits per heavy atom. The van der Waals surface area contributed by atoms with E-state index in [2.05, 4.69) is 34.2 Å². The van der Waals surface area contributed by atoms with E-state index in [1.807, 2.05) is 6.92 Å². The molecule has 0 radical (unpaired) electrons. The normalized spacial score (nSPS) is 23.8. The van der Waals surface area contributed by atoms with Crippen molar-refractivity contribution >= 4 is 0 Å². The van der Waals surface area contributed by atoms with Crippen LogP contribution in [0.3, 0.4) is 0 Å². The highest BCUT2D eigenvalue weighted by atomic mass is 16.5. The molecule has 1 fully saturated rings. The SMILES string of the molecule is CCC(C)C1CN(Cc2nc(C)no2)CCN1. The Balaban J connectivity index is 1.89. The van der Waals surface area contributed by atoms with Crippen molar-refractivity contribution in [3.63, 3.8) is 0 Å². The van der Waals surface area contributed by atoms with Crippen LogP contribution in [0.15, 0.2) is 4.52 Å². The topological polar surface area (TPSA) is 54.2 Å². The van der Waals surface area contributed by atoms with Crippen LogP contribution in [0.5, 0.6) is 0 Å². The minimum atomic E-state index is 0.581. The lowest BCUT2D eigenvalue weighted by molar-refractivity contribution is 0.147. The lowest BCUT2D eigenvalue weighted by Crippen LogP contribution is -2.52. The van der Waals surface area contributed by atoms with Gasteiger partial charge in [-0.2, -0.15) is 4.98 Å². The van der Waals surface area contributed by atoms with Crippen LogP contribution < -0.4 is 5.32 Å². The van der Waals surface area contributed by atoms with Gasteiger partial charge in [-0.25, -0.2) is 0 Å². The second kappa shape index (κ2) is 5.60. The predicted molar refractivity (Wildman–Crippen MR) is 65.6 cm³/mol. The quantitative estimate of drug-likeness (QED) is 0.854. The third-order valence-corrected chi connectivity index (χ3v) is 3.55. The third-order valence-electron chi connectivity index (χ3n) is 3.55. The van der Waals surface area contributed by atoms with Crippen LogP contribution in [0.25, 0.3) is 0 Å². The first kappa shape index (κ1) is 12.5. The van der Waals surface area contributed by atoms with Crippen LogP contribution in [0.2, 0.25) is 0 Å². The molecule has 1 N–H and O–H groups in total. The molecule has 0 aliphatic carbocycles. The van der Waals surface area contributed by atoms with E-state index in [1.54, 1.807) is 0 Å². The summed E-state index contributed by atoms with van der Waals surface area (Å²) in [5.74, 6) is 2.16. The smallest absolute Gasteiger partial charge is 0.240 e. The summed E-state index contributed by atoms with van der Waals surface area (Å²) in [6, 6.07) is 0.581. The Kier molecular flexibility index (Phi) is 4.12. The van der Waals surface area contributed by atoms with Gasteiger partial charge in [-0.15, -0.1) is 0 Å². The van der Waals surface area contributed by atoms with E-state index in [9.17, 15) is 0 Å². The van der Waals surface area contributed by atoms with E-state index in [-0.39, 0.29) is 0 Å². The van der Waals surface area contributed by atoms with Crippen molar-refractivity contribution in [2.45, 2.75) is 39.8 Å². The van der Waals surface area contributed by atoms with Crippen molar-refractivity contribution in [2.24, 2.45) is 5.92 Å². The first-order chi connectivity index (χ1) is 8.19. The third kappa shape index (κ3) is 3.26. The standard InChI is InChI=1S/C12H22N4O/c1-4-9(2)11-7-16(6-5-13-11)8-12-14-10(3)15-17-12/h9,11,13H,4-8H2,1-3H3. The zero-order valence-electron chi connectivity index (χ0n) is 10.9. The van der Waals surface area contributed by atoms with Gasteiger partial charge < -0.3 is 9.84 Å². The Morgan fingerprint density at radius 2 is 2.41 bits per heavy atom. The number of nitrogens with zero attached hydrogens (tertiary/aromatic N) is 3. The molecule has 2 unspecified atom stereocenters. The summed E-state index contributed by atoms with van der Waals surface area (Å²) in [5.41, 5.74) is 0. The molecule has 0 spiro atoms. The highest BCUT2D eigenvalue weighted by Gasteiger charge is 2.24. The van der Waals surface area contributed by atoms with Gasteiger partial charge >= 0.3 is 0 Å². The summed E-state index contributed by atoms with van der Waals surface area (Å²) in [4.78, 5) is 6.64. The molecule has 1 aliphatic heterocycles. The van der Waals surface area contributed by atoms with E-state index in [1.165, 1.54) is 6.42 Å². The number of aromatic nitrogens is 2.